The van der Waals surface area contributed by atoms with Crippen LogP contribution >= 0.6 is 0 Å². The predicted octanol–water partition coefficient (Wildman–Crippen LogP) is 5.91. The second-order valence-corrected chi connectivity index (χ2v) is 5.44. The second kappa shape index (κ2) is 5.41. The average Bonchev–Trinajstić information content (AvgIpc) is 2.29. The van der Waals surface area contributed by atoms with E-state index in [1.165, 1.54) is 6.92 Å². The standard InChI is InChI=1S/C13H12F10/c1-5-4-8(9(11(15,16)17)7(3)6(5)2)10(14,12(18,19)20)13(21,22)23/h4-6H,1-3H3. The van der Waals surface area contributed by atoms with Gasteiger partial charge in [-0.15, -0.1) is 0 Å². The topological polar surface area (TPSA) is 0 Å². The van der Waals surface area contributed by atoms with Gasteiger partial charge in [0, 0.05) is 5.57 Å². The summed E-state index contributed by atoms with van der Waals surface area (Å²) in [6, 6.07) is 0. The van der Waals surface area contributed by atoms with Crippen LogP contribution < -0.4 is 0 Å². The molecule has 0 saturated heterocycles. The van der Waals surface area contributed by atoms with Crippen LogP contribution in [-0.2, 0) is 0 Å². The Balaban J connectivity index is 3.80. The van der Waals surface area contributed by atoms with Crippen LogP contribution in [0.15, 0.2) is 22.8 Å². The van der Waals surface area contributed by atoms with E-state index < -0.39 is 52.8 Å². The second-order valence-electron chi connectivity index (χ2n) is 5.44. The highest BCUT2D eigenvalue weighted by atomic mass is 19.4. The minimum Gasteiger partial charge on any atom is -0.218 e. The molecule has 2 unspecified atom stereocenters. The van der Waals surface area contributed by atoms with E-state index >= 15 is 0 Å². The minimum atomic E-state index is -6.59. The van der Waals surface area contributed by atoms with Crippen LogP contribution in [0.5, 0.6) is 0 Å². The van der Waals surface area contributed by atoms with Gasteiger partial charge in [0.1, 0.15) is 0 Å². The van der Waals surface area contributed by atoms with Crippen molar-refractivity contribution in [1.29, 1.82) is 0 Å². The minimum absolute atomic E-state index is 0.0709. The molecule has 0 heterocycles. The molecular weight excluding hydrogens is 346 g/mol. The van der Waals surface area contributed by atoms with E-state index in [1.807, 2.05) is 0 Å². The first-order chi connectivity index (χ1) is 9.96. The summed E-state index contributed by atoms with van der Waals surface area (Å²) in [5.74, 6) is -2.11. The van der Waals surface area contributed by atoms with Crippen LogP contribution in [0.25, 0.3) is 0 Å². The first-order valence-corrected chi connectivity index (χ1v) is 6.29. The Morgan fingerprint density at radius 1 is 0.783 bits per heavy atom. The zero-order valence-corrected chi connectivity index (χ0v) is 12.0. The highest BCUT2D eigenvalue weighted by Crippen LogP contribution is 2.57. The summed E-state index contributed by atoms with van der Waals surface area (Å²) in [5, 5.41) is 0. The molecule has 23 heavy (non-hydrogen) atoms. The molecule has 0 saturated carbocycles. The van der Waals surface area contributed by atoms with Crippen molar-refractivity contribution in [2.24, 2.45) is 11.8 Å². The maximum atomic E-state index is 14.1. The van der Waals surface area contributed by atoms with Gasteiger partial charge >= 0.3 is 24.2 Å². The number of halogens is 10. The highest BCUT2D eigenvalue weighted by molar-refractivity contribution is 5.50. The molecule has 0 aliphatic heterocycles. The Morgan fingerprint density at radius 3 is 1.48 bits per heavy atom. The first-order valence-electron chi connectivity index (χ1n) is 6.29. The van der Waals surface area contributed by atoms with E-state index in [0.717, 1.165) is 13.8 Å². The van der Waals surface area contributed by atoms with Crippen LogP contribution in [0.2, 0.25) is 0 Å². The SMILES string of the molecule is CC1=C(C(F)(F)F)C(C(F)(C(F)(F)F)C(F)(F)F)=CC(C)C1C. The molecule has 1 aliphatic rings. The molecule has 0 radical (unpaired) electrons. The molecular formula is C13H12F10. The Labute approximate surface area is 124 Å². The predicted molar refractivity (Wildman–Crippen MR) is 61.1 cm³/mol. The largest absolute Gasteiger partial charge is 0.435 e. The van der Waals surface area contributed by atoms with E-state index in [1.54, 1.807) is 0 Å². The van der Waals surface area contributed by atoms with E-state index in [-0.39, 0.29) is 6.08 Å². The van der Waals surface area contributed by atoms with Gasteiger partial charge in [0.05, 0.1) is 5.57 Å². The van der Waals surface area contributed by atoms with Crippen molar-refractivity contribution < 1.29 is 43.9 Å². The van der Waals surface area contributed by atoms with E-state index in [0.29, 0.717) is 0 Å². The summed E-state index contributed by atoms with van der Waals surface area (Å²) in [7, 11) is 0. The third-order valence-corrected chi connectivity index (χ3v) is 4.00. The molecule has 0 aromatic rings. The summed E-state index contributed by atoms with van der Waals surface area (Å²) in [6.45, 7) is 3.08. The normalized spacial score (nSPS) is 24.8. The van der Waals surface area contributed by atoms with Crippen LogP contribution in [-0.4, -0.2) is 24.2 Å². The van der Waals surface area contributed by atoms with Gasteiger partial charge in [0.15, 0.2) is 0 Å². The van der Waals surface area contributed by atoms with Gasteiger partial charge in [-0.1, -0.05) is 25.5 Å². The van der Waals surface area contributed by atoms with Gasteiger partial charge < -0.3 is 0 Å². The van der Waals surface area contributed by atoms with Crippen molar-refractivity contribution >= 4 is 0 Å². The lowest BCUT2D eigenvalue weighted by Gasteiger charge is -2.38. The summed E-state index contributed by atoms with van der Waals surface area (Å²) >= 11 is 0. The van der Waals surface area contributed by atoms with Crippen molar-refractivity contribution in [3.8, 4) is 0 Å². The molecule has 0 aromatic heterocycles. The average molecular weight is 358 g/mol. The lowest BCUT2D eigenvalue weighted by atomic mass is 9.73. The summed E-state index contributed by atoms with van der Waals surface area (Å²) < 4.78 is 130. The molecule has 1 aliphatic carbocycles. The van der Waals surface area contributed by atoms with Crippen LogP contribution in [0.4, 0.5) is 43.9 Å². The number of alkyl halides is 10. The monoisotopic (exact) mass is 358 g/mol. The fourth-order valence-electron chi connectivity index (χ4n) is 2.45. The van der Waals surface area contributed by atoms with E-state index in [9.17, 15) is 43.9 Å². The van der Waals surface area contributed by atoms with Crippen LogP contribution in [0.1, 0.15) is 20.8 Å². The maximum Gasteiger partial charge on any atom is 0.435 e. The number of rotatable bonds is 1. The van der Waals surface area contributed by atoms with Gasteiger partial charge in [-0.3, -0.25) is 0 Å². The third kappa shape index (κ3) is 3.08. The fourth-order valence-corrected chi connectivity index (χ4v) is 2.45. The first kappa shape index (κ1) is 19.8. The molecule has 0 spiro atoms. The van der Waals surface area contributed by atoms with Crippen LogP contribution in [0.3, 0.4) is 0 Å². The Bertz CT molecular complexity index is 514. The van der Waals surface area contributed by atoms with Crippen LogP contribution in [0, 0.1) is 11.8 Å². The van der Waals surface area contributed by atoms with Crippen molar-refractivity contribution in [3.05, 3.63) is 22.8 Å². The Kier molecular flexibility index (Phi) is 4.66. The molecule has 2 atom stereocenters. The smallest absolute Gasteiger partial charge is 0.218 e. The molecule has 0 nitrogen and oxygen atoms in total. The zero-order chi connectivity index (χ0) is 18.6. The fraction of sp³-hybridized carbons (Fsp3) is 0.692. The van der Waals surface area contributed by atoms with Gasteiger partial charge in [-0.25, -0.2) is 4.39 Å². The number of hydrogen-bond donors (Lipinski definition) is 0. The van der Waals surface area contributed by atoms with Crippen molar-refractivity contribution in [3.63, 3.8) is 0 Å². The van der Waals surface area contributed by atoms with Crippen molar-refractivity contribution in [2.75, 3.05) is 0 Å². The van der Waals surface area contributed by atoms with Crippen molar-refractivity contribution in [2.45, 2.75) is 45.0 Å². The van der Waals surface area contributed by atoms with E-state index in [2.05, 4.69) is 0 Å². The molecule has 134 valence electrons. The zero-order valence-electron chi connectivity index (χ0n) is 12.0. The molecule has 0 amide bonds. The van der Waals surface area contributed by atoms with Crippen molar-refractivity contribution in [1.82, 2.24) is 0 Å². The van der Waals surface area contributed by atoms with Gasteiger partial charge in [-0.05, 0) is 18.8 Å². The number of hydrogen-bond acceptors (Lipinski definition) is 0. The quantitative estimate of drug-likeness (QED) is 0.511. The molecule has 0 N–H and O–H groups in total. The lowest BCUT2D eigenvalue weighted by molar-refractivity contribution is -0.326. The highest BCUT2D eigenvalue weighted by Gasteiger charge is 2.76. The molecule has 0 aromatic carbocycles. The third-order valence-electron chi connectivity index (χ3n) is 4.00. The maximum absolute atomic E-state index is 14.1. The molecule has 1 rings (SSSR count). The van der Waals surface area contributed by atoms with E-state index in [4.69, 9.17) is 0 Å². The summed E-state index contributed by atoms with van der Waals surface area (Å²) in [5.41, 5.74) is -11.5. The number of allylic oxidation sites excluding steroid dienone is 4. The summed E-state index contributed by atoms with van der Waals surface area (Å²) in [4.78, 5) is 0. The molecule has 0 fully saturated rings. The Hall–Kier alpha value is -1.22. The molecule has 0 bridgehead atoms. The van der Waals surface area contributed by atoms with Gasteiger partial charge in [-0.2, -0.15) is 39.5 Å². The van der Waals surface area contributed by atoms with Gasteiger partial charge in [0.25, 0.3) is 0 Å². The Morgan fingerprint density at radius 2 is 1.17 bits per heavy atom. The lowest BCUT2D eigenvalue weighted by Crippen LogP contribution is -2.56. The van der Waals surface area contributed by atoms with Gasteiger partial charge in [0.2, 0.25) is 0 Å². The molecule has 10 heteroatoms. The summed E-state index contributed by atoms with van der Waals surface area (Å²) in [6.07, 6.45) is -18.7.